The van der Waals surface area contributed by atoms with E-state index < -0.39 is 12.7 Å². The van der Waals surface area contributed by atoms with Crippen molar-refractivity contribution in [1.82, 2.24) is 4.90 Å². The van der Waals surface area contributed by atoms with Gasteiger partial charge in [-0.1, -0.05) is 12.2 Å². The topological polar surface area (TPSA) is 29.3 Å². The molecular weight excluding hydrogens is 201 g/mol. The van der Waals surface area contributed by atoms with Gasteiger partial charge >= 0.3 is 6.18 Å². The van der Waals surface area contributed by atoms with E-state index in [2.05, 4.69) is 12.2 Å². The lowest BCUT2D eigenvalue weighted by Crippen LogP contribution is -2.43. The molecule has 0 fully saturated rings. The van der Waals surface area contributed by atoms with E-state index in [4.69, 9.17) is 5.73 Å². The third kappa shape index (κ3) is 6.77. The van der Waals surface area contributed by atoms with E-state index in [0.717, 1.165) is 0 Å². The van der Waals surface area contributed by atoms with Gasteiger partial charge in [-0.25, -0.2) is 0 Å². The second kappa shape index (κ2) is 4.76. The van der Waals surface area contributed by atoms with E-state index in [9.17, 15) is 13.2 Å². The Morgan fingerprint density at radius 2 is 1.92 bits per heavy atom. The quantitative estimate of drug-likeness (QED) is 0.720. The summed E-state index contributed by atoms with van der Waals surface area (Å²) in [5, 5.41) is 0. The average molecular weight is 214 g/mol. The van der Waals surface area contributed by atoms with Crippen molar-refractivity contribution in [3.8, 4) is 0 Å². The Morgan fingerprint density at radius 1 is 1.46 bits per heavy atom. The summed E-state index contributed by atoms with van der Waals surface area (Å²) in [6.45, 7) is 2.38. The number of hydrogen-bond donors (Lipinski definition) is 1. The van der Waals surface area contributed by atoms with Gasteiger partial charge in [-0.15, -0.1) is 0 Å². The Bertz CT molecular complexity index is 179. The maximum absolute atomic E-state index is 12.0. The van der Waals surface area contributed by atoms with Crippen LogP contribution in [0.2, 0.25) is 0 Å². The largest absolute Gasteiger partial charge is 0.401 e. The lowest BCUT2D eigenvalue weighted by molar-refractivity contribution is -0.147. The first-order valence-corrected chi connectivity index (χ1v) is 4.22. The number of nitrogens with zero attached hydrogens (tertiary/aromatic N) is 1. The van der Waals surface area contributed by atoms with E-state index in [-0.39, 0.29) is 17.6 Å². The summed E-state index contributed by atoms with van der Waals surface area (Å²) < 4.78 is 36.0. The van der Waals surface area contributed by atoms with Crippen molar-refractivity contribution >= 4 is 17.2 Å². The lowest BCUT2D eigenvalue weighted by Gasteiger charge is -2.26. The van der Waals surface area contributed by atoms with Gasteiger partial charge in [0.2, 0.25) is 0 Å². The van der Waals surface area contributed by atoms with Crippen LogP contribution >= 0.6 is 12.2 Å². The molecule has 0 heterocycles. The monoisotopic (exact) mass is 214 g/mol. The number of thiocarbonyl (C=S) groups is 1. The van der Waals surface area contributed by atoms with Gasteiger partial charge in [0.1, 0.15) is 0 Å². The molecule has 0 unspecified atom stereocenters. The predicted molar refractivity (Wildman–Crippen MR) is 49.5 cm³/mol. The molecule has 6 heteroatoms. The van der Waals surface area contributed by atoms with Crippen LogP contribution in [0.3, 0.4) is 0 Å². The van der Waals surface area contributed by atoms with Gasteiger partial charge in [0.05, 0.1) is 11.5 Å². The standard InChI is InChI=1S/C7H13F3N2S/c1-5(2)12(3-6(11)13)4-7(8,9)10/h5H,3-4H2,1-2H3,(H2,11,13). The fourth-order valence-corrected chi connectivity index (χ4v) is 1.02. The second-order valence-corrected chi connectivity index (χ2v) is 3.60. The van der Waals surface area contributed by atoms with Gasteiger partial charge in [0, 0.05) is 12.6 Å². The molecule has 2 nitrogen and oxygen atoms in total. The van der Waals surface area contributed by atoms with Gasteiger partial charge in [-0.2, -0.15) is 13.2 Å². The van der Waals surface area contributed by atoms with Crippen molar-refractivity contribution in [2.45, 2.75) is 26.1 Å². The second-order valence-electron chi connectivity index (χ2n) is 3.08. The molecule has 0 saturated carbocycles. The van der Waals surface area contributed by atoms with E-state index >= 15 is 0 Å². The summed E-state index contributed by atoms with van der Waals surface area (Å²) in [4.78, 5) is 1.26. The predicted octanol–water partition coefficient (Wildman–Crippen LogP) is 1.55. The summed E-state index contributed by atoms with van der Waals surface area (Å²) in [5.41, 5.74) is 5.17. The zero-order valence-corrected chi connectivity index (χ0v) is 8.37. The van der Waals surface area contributed by atoms with E-state index in [1.54, 1.807) is 13.8 Å². The summed E-state index contributed by atoms with van der Waals surface area (Å²) in [6, 6.07) is -0.219. The zero-order chi connectivity index (χ0) is 10.6. The molecule has 0 aromatic rings. The fraction of sp³-hybridized carbons (Fsp3) is 0.857. The Balaban J connectivity index is 4.19. The average Bonchev–Trinajstić information content (AvgIpc) is 1.81. The van der Waals surface area contributed by atoms with Crippen LogP contribution < -0.4 is 5.73 Å². The molecule has 0 bridgehead atoms. The molecule has 0 aromatic heterocycles. The Labute approximate surface area is 80.9 Å². The van der Waals surface area contributed by atoms with Crippen LogP contribution in [0.15, 0.2) is 0 Å². The fourth-order valence-electron chi connectivity index (χ4n) is 0.851. The maximum Gasteiger partial charge on any atom is 0.401 e. The van der Waals surface area contributed by atoms with Crippen molar-refractivity contribution in [2.24, 2.45) is 5.73 Å². The van der Waals surface area contributed by atoms with E-state index in [1.807, 2.05) is 0 Å². The maximum atomic E-state index is 12.0. The number of rotatable bonds is 4. The van der Waals surface area contributed by atoms with Gasteiger partial charge < -0.3 is 5.73 Å². The summed E-state index contributed by atoms with van der Waals surface area (Å²) in [7, 11) is 0. The number of halogens is 3. The Hall–Kier alpha value is -0.360. The van der Waals surface area contributed by atoms with Crippen LogP contribution in [0, 0.1) is 0 Å². The molecule has 0 aliphatic carbocycles. The molecule has 0 aromatic carbocycles. The molecule has 0 aliphatic rings. The first-order chi connectivity index (χ1) is 5.72. The lowest BCUT2D eigenvalue weighted by atomic mass is 10.3. The van der Waals surface area contributed by atoms with Crippen LogP contribution in [-0.4, -0.2) is 35.2 Å². The van der Waals surface area contributed by atoms with E-state index in [0.29, 0.717) is 0 Å². The summed E-state index contributed by atoms with van der Waals surface area (Å²) in [5.74, 6) is 0. The molecule has 0 saturated heterocycles. The number of nitrogens with two attached hydrogens (primary N) is 1. The summed E-state index contributed by atoms with van der Waals surface area (Å²) >= 11 is 4.55. The smallest absolute Gasteiger partial charge is 0.392 e. The molecular formula is C7H13F3N2S. The number of alkyl halides is 3. The van der Waals surface area contributed by atoms with Gasteiger partial charge in [-0.3, -0.25) is 4.90 Å². The highest BCUT2D eigenvalue weighted by molar-refractivity contribution is 7.80. The minimum Gasteiger partial charge on any atom is -0.392 e. The highest BCUT2D eigenvalue weighted by Gasteiger charge is 2.31. The molecule has 0 rings (SSSR count). The van der Waals surface area contributed by atoms with Crippen LogP contribution in [0.25, 0.3) is 0 Å². The molecule has 13 heavy (non-hydrogen) atoms. The van der Waals surface area contributed by atoms with Crippen molar-refractivity contribution in [1.29, 1.82) is 0 Å². The summed E-state index contributed by atoms with van der Waals surface area (Å²) in [6.07, 6.45) is -4.20. The molecule has 2 N–H and O–H groups in total. The third-order valence-corrected chi connectivity index (χ3v) is 1.60. The van der Waals surface area contributed by atoms with Crippen LogP contribution in [0.1, 0.15) is 13.8 Å². The molecule has 0 atom stereocenters. The Kier molecular flexibility index (Phi) is 4.63. The first-order valence-electron chi connectivity index (χ1n) is 3.81. The van der Waals surface area contributed by atoms with Gasteiger partial charge in [-0.05, 0) is 13.8 Å². The van der Waals surface area contributed by atoms with Crippen molar-refractivity contribution in [2.75, 3.05) is 13.1 Å². The van der Waals surface area contributed by atoms with Crippen LogP contribution in [-0.2, 0) is 0 Å². The van der Waals surface area contributed by atoms with E-state index in [1.165, 1.54) is 4.90 Å². The first kappa shape index (κ1) is 12.6. The highest BCUT2D eigenvalue weighted by Crippen LogP contribution is 2.17. The SMILES string of the molecule is CC(C)N(CC(N)=S)CC(F)(F)F. The highest BCUT2D eigenvalue weighted by atomic mass is 32.1. The van der Waals surface area contributed by atoms with Crippen molar-refractivity contribution < 1.29 is 13.2 Å². The minimum atomic E-state index is -4.20. The van der Waals surface area contributed by atoms with Gasteiger partial charge in [0.25, 0.3) is 0 Å². The number of hydrogen-bond acceptors (Lipinski definition) is 2. The molecule has 0 radical (unpaired) electrons. The zero-order valence-electron chi connectivity index (χ0n) is 7.56. The normalized spacial score (nSPS) is 12.5. The molecule has 0 spiro atoms. The Morgan fingerprint density at radius 3 is 2.15 bits per heavy atom. The van der Waals surface area contributed by atoms with Crippen molar-refractivity contribution in [3.05, 3.63) is 0 Å². The molecule has 0 aliphatic heterocycles. The van der Waals surface area contributed by atoms with Gasteiger partial charge in [0.15, 0.2) is 0 Å². The van der Waals surface area contributed by atoms with Crippen molar-refractivity contribution in [3.63, 3.8) is 0 Å². The third-order valence-electron chi connectivity index (χ3n) is 1.47. The van der Waals surface area contributed by atoms with Crippen LogP contribution in [0.5, 0.6) is 0 Å². The minimum absolute atomic E-state index is 0.00646. The van der Waals surface area contributed by atoms with Crippen LogP contribution in [0.4, 0.5) is 13.2 Å². The molecule has 78 valence electrons. The molecule has 0 amide bonds.